The van der Waals surface area contributed by atoms with Gasteiger partial charge in [0.15, 0.2) is 0 Å². The van der Waals surface area contributed by atoms with Gasteiger partial charge in [0, 0.05) is 28.8 Å². The third kappa shape index (κ3) is 2.46. The van der Waals surface area contributed by atoms with Crippen molar-refractivity contribution >= 4 is 27.6 Å². The van der Waals surface area contributed by atoms with Gasteiger partial charge in [-0.1, -0.05) is 22.0 Å². The van der Waals surface area contributed by atoms with E-state index in [1.165, 1.54) is 12.8 Å². The molecule has 0 saturated carbocycles. The van der Waals surface area contributed by atoms with Crippen molar-refractivity contribution in [3.8, 4) is 0 Å². The second kappa shape index (κ2) is 5.08. The molecule has 1 aliphatic rings. The van der Waals surface area contributed by atoms with Crippen LogP contribution in [0.3, 0.4) is 0 Å². The lowest BCUT2D eigenvalue weighted by molar-refractivity contribution is -0.138. The Morgan fingerprint density at radius 3 is 2.65 bits per heavy atom. The molecule has 0 spiro atoms. The van der Waals surface area contributed by atoms with Gasteiger partial charge < -0.3 is 10.0 Å². The monoisotopic (exact) mass is 297 g/mol. The Hall–Kier alpha value is -1.03. The predicted octanol–water partition coefficient (Wildman–Crippen LogP) is 3.24. The second-order valence-corrected chi connectivity index (χ2v) is 5.28. The van der Waals surface area contributed by atoms with Crippen molar-refractivity contribution in [1.82, 2.24) is 0 Å². The van der Waals surface area contributed by atoms with Crippen LogP contribution >= 0.6 is 15.9 Å². The molecule has 1 unspecified atom stereocenters. The number of halogens is 1. The molecule has 0 radical (unpaired) electrons. The molecule has 92 valence electrons. The Morgan fingerprint density at radius 2 is 2.06 bits per heavy atom. The summed E-state index contributed by atoms with van der Waals surface area (Å²) in [4.78, 5) is 13.5. The summed E-state index contributed by atoms with van der Waals surface area (Å²) in [6.45, 7) is 3.79. The van der Waals surface area contributed by atoms with Crippen LogP contribution in [0.1, 0.15) is 31.2 Å². The second-order valence-electron chi connectivity index (χ2n) is 4.43. The van der Waals surface area contributed by atoms with Gasteiger partial charge in [-0.3, -0.25) is 4.79 Å². The molecule has 0 aliphatic carbocycles. The number of carboxylic acid groups (broad SMARTS) is 1. The van der Waals surface area contributed by atoms with Gasteiger partial charge in [0.1, 0.15) is 0 Å². The minimum atomic E-state index is -0.780. The third-order valence-electron chi connectivity index (χ3n) is 3.28. The summed E-state index contributed by atoms with van der Waals surface area (Å²) in [6.07, 6.45) is 2.38. The summed E-state index contributed by atoms with van der Waals surface area (Å²) in [5, 5.41) is 9.19. The van der Waals surface area contributed by atoms with Gasteiger partial charge in [-0.15, -0.1) is 0 Å². The molecule has 1 saturated heterocycles. The molecule has 1 aliphatic heterocycles. The van der Waals surface area contributed by atoms with Crippen molar-refractivity contribution in [1.29, 1.82) is 0 Å². The molecule has 2 rings (SSSR count). The molecular weight excluding hydrogens is 282 g/mol. The molecule has 0 aromatic heterocycles. The maximum atomic E-state index is 11.2. The Labute approximate surface area is 110 Å². The van der Waals surface area contributed by atoms with E-state index in [-0.39, 0.29) is 0 Å². The van der Waals surface area contributed by atoms with E-state index in [1.54, 1.807) is 6.92 Å². The van der Waals surface area contributed by atoms with E-state index in [9.17, 15) is 9.90 Å². The van der Waals surface area contributed by atoms with E-state index >= 15 is 0 Å². The SMILES string of the molecule is CC(C(=O)O)c1c(Br)cccc1N1CCCC1. The smallest absolute Gasteiger partial charge is 0.310 e. The highest BCUT2D eigenvalue weighted by Crippen LogP contribution is 2.35. The number of anilines is 1. The van der Waals surface area contributed by atoms with Gasteiger partial charge in [-0.05, 0) is 31.9 Å². The van der Waals surface area contributed by atoms with E-state index in [0.717, 1.165) is 28.8 Å². The number of aliphatic carboxylic acids is 1. The molecular formula is C13H16BrNO2. The zero-order valence-corrected chi connectivity index (χ0v) is 11.4. The van der Waals surface area contributed by atoms with Gasteiger partial charge in [0.25, 0.3) is 0 Å². The molecule has 1 N–H and O–H groups in total. The Kier molecular flexibility index (Phi) is 3.72. The van der Waals surface area contributed by atoms with Crippen molar-refractivity contribution in [3.63, 3.8) is 0 Å². The van der Waals surface area contributed by atoms with Gasteiger partial charge >= 0.3 is 5.97 Å². The van der Waals surface area contributed by atoms with Crippen LogP contribution < -0.4 is 4.90 Å². The molecule has 1 atom stereocenters. The zero-order valence-electron chi connectivity index (χ0n) is 9.82. The zero-order chi connectivity index (χ0) is 12.4. The highest BCUT2D eigenvalue weighted by molar-refractivity contribution is 9.10. The summed E-state index contributed by atoms with van der Waals surface area (Å²) < 4.78 is 0.886. The molecule has 1 fully saturated rings. The van der Waals surface area contributed by atoms with Crippen LogP contribution in [0.25, 0.3) is 0 Å². The fraction of sp³-hybridized carbons (Fsp3) is 0.462. The van der Waals surface area contributed by atoms with Crippen LogP contribution in [0.15, 0.2) is 22.7 Å². The number of carboxylic acids is 1. The summed E-state index contributed by atoms with van der Waals surface area (Å²) >= 11 is 3.47. The highest BCUT2D eigenvalue weighted by atomic mass is 79.9. The van der Waals surface area contributed by atoms with Crippen LogP contribution in [0, 0.1) is 0 Å². The number of nitrogens with zero attached hydrogens (tertiary/aromatic N) is 1. The standard InChI is InChI=1S/C13H16BrNO2/c1-9(13(16)17)12-10(14)5-4-6-11(12)15-7-2-3-8-15/h4-6,9H,2-3,7-8H2,1H3,(H,16,17). The average Bonchev–Trinajstić information content (AvgIpc) is 2.81. The summed E-state index contributed by atoms with van der Waals surface area (Å²) in [7, 11) is 0. The van der Waals surface area contributed by atoms with Crippen LogP contribution in [0.4, 0.5) is 5.69 Å². The van der Waals surface area contributed by atoms with Crippen molar-refractivity contribution in [2.45, 2.75) is 25.7 Å². The first kappa shape index (κ1) is 12.4. The average molecular weight is 298 g/mol. The minimum Gasteiger partial charge on any atom is -0.481 e. The quantitative estimate of drug-likeness (QED) is 0.931. The first-order valence-electron chi connectivity index (χ1n) is 5.87. The molecule has 1 aromatic rings. The van der Waals surface area contributed by atoms with Crippen LogP contribution in [-0.4, -0.2) is 24.2 Å². The number of carbonyl (C=O) groups is 1. The Morgan fingerprint density at radius 1 is 1.41 bits per heavy atom. The molecule has 17 heavy (non-hydrogen) atoms. The summed E-state index contributed by atoms with van der Waals surface area (Å²) in [5.41, 5.74) is 1.95. The molecule has 3 nitrogen and oxygen atoms in total. The molecule has 0 amide bonds. The summed E-state index contributed by atoms with van der Waals surface area (Å²) in [6, 6.07) is 5.90. The van der Waals surface area contributed by atoms with Crippen LogP contribution in [0.2, 0.25) is 0 Å². The fourth-order valence-corrected chi connectivity index (χ4v) is 3.01. The Balaban J connectivity index is 2.43. The maximum absolute atomic E-state index is 11.2. The van der Waals surface area contributed by atoms with Gasteiger partial charge in [-0.2, -0.15) is 0 Å². The minimum absolute atomic E-state index is 0.485. The van der Waals surface area contributed by atoms with Crippen LogP contribution in [0.5, 0.6) is 0 Å². The molecule has 1 heterocycles. The Bertz CT molecular complexity index is 427. The summed E-state index contributed by atoms with van der Waals surface area (Å²) in [5.74, 6) is -1.27. The lowest BCUT2D eigenvalue weighted by Crippen LogP contribution is -2.21. The van der Waals surface area contributed by atoms with E-state index in [2.05, 4.69) is 20.8 Å². The first-order chi connectivity index (χ1) is 8.11. The number of hydrogen-bond acceptors (Lipinski definition) is 2. The van der Waals surface area contributed by atoms with E-state index in [1.807, 2.05) is 18.2 Å². The largest absolute Gasteiger partial charge is 0.481 e. The van der Waals surface area contributed by atoms with Crippen LogP contribution in [-0.2, 0) is 4.79 Å². The maximum Gasteiger partial charge on any atom is 0.310 e. The van der Waals surface area contributed by atoms with Crippen molar-refractivity contribution in [2.75, 3.05) is 18.0 Å². The van der Waals surface area contributed by atoms with Gasteiger partial charge in [0.05, 0.1) is 5.92 Å². The fourth-order valence-electron chi connectivity index (χ4n) is 2.31. The normalized spacial score (nSPS) is 17.2. The highest BCUT2D eigenvalue weighted by Gasteiger charge is 2.24. The predicted molar refractivity (Wildman–Crippen MR) is 71.6 cm³/mol. The lowest BCUT2D eigenvalue weighted by Gasteiger charge is -2.24. The third-order valence-corrected chi connectivity index (χ3v) is 3.97. The molecule has 0 bridgehead atoms. The van der Waals surface area contributed by atoms with Gasteiger partial charge in [0.2, 0.25) is 0 Å². The molecule has 4 heteroatoms. The number of rotatable bonds is 3. The lowest BCUT2D eigenvalue weighted by atomic mass is 9.99. The number of hydrogen-bond donors (Lipinski definition) is 1. The number of benzene rings is 1. The van der Waals surface area contributed by atoms with E-state index in [0.29, 0.717) is 0 Å². The topological polar surface area (TPSA) is 40.5 Å². The first-order valence-corrected chi connectivity index (χ1v) is 6.66. The van der Waals surface area contributed by atoms with E-state index in [4.69, 9.17) is 0 Å². The molecule has 1 aromatic carbocycles. The van der Waals surface area contributed by atoms with E-state index < -0.39 is 11.9 Å². The van der Waals surface area contributed by atoms with Gasteiger partial charge in [-0.25, -0.2) is 0 Å². The van der Waals surface area contributed by atoms with Crippen molar-refractivity contribution < 1.29 is 9.90 Å². The van der Waals surface area contributed by atoms with Crippen molar-refractivity contribution in [3.05, 3.63) is 28.2 Å². The van der Waals surface area contributed by atoms with Crippen molar-refractivity contribution in [2.24, 2.45) is 0 Å².